The molecule has 0 aromatic heterocycles. The molecule has 1 aliphatic carbocycles. The second-order valence-electron chi connectivity index (χ2n) is 6.22. The zero-order valence-electron chi connectivity index (χ0n) is 12.7. The molecule has 0 spiro atoms. The van der Waals surface area contributed by atoms with Crippen LogP contribution in [0.5, 0.6) is 0 Å². The molecule has 0 aromatic carbocycles. The molecule has 0 saturated heterocycles. The summed E-state index contributed by atoms with van der Waals surface area (Å²) in [7, 11) is -3.23. The Morgan fingerprint density at radius 1 is 1.00 bits per heavy atom. The largest absolute Gasteiger partial charge is 0.389 e. The van der Waals surface area contributed by atoms with E-state index in [9.17, 15) is 9.67 Å². The van der Waals surface area contributed by atoms with Gasteiger partial charge >= 0.3 is 7.60 Å². The SMILES string of the molecule is CC(C)OP(=O)(CC1(O)CCCCCC1)OC(C)C. The molecule has 0 bridgehead atoms. The molecule has 1 aliphatic rings. The maximum Gasteiger partial charge on any atom is 0.334 e. The first-order valence-electron chi connectivity index (χ1n) is 7.43. The summed E-state index contributed by atoms with van der Waals surface area (Å²) in [5, 5.41) is 10.7. The molecule has 0 heterocycles. The molecule has 0 amide bonds. The second-order valence-corrected chi connectivity index (χ2v) is 8.18. The van der Waals surface area contributed by atoms with Crippen molar-refractivity contribution < 1.29 is 18.7 Å². The van der Waals surface area contributed by atoms with Crippen LogP contribution in [0.25, 0.3) is 0 Å². The fourth-order valence-corrected chi connectivity index (χ4v) is 5.17. The van der Waals surface area contributed by atoms with E-state index in [0.717, 1.165) is 25.7 Å². The molecule has 5 heteroatoms. The van der Waals surface area contributed by atoms with Crippen LogP contribution in [0.15, 0.2) is 0 Å². The number of rotatable bonds is 6. The highest BCUT2D eigenvalue weighted by molar-refractivity contribution is 7.54. The first-order valence-corrected chi connectivity index (χ1v) is 9.16. The van der Waals surface area contributed by atoms with Crippen molar-refractivity contribution in [1.82, 2.24) is 0 Å². The molecule has 1 rings (SSSR count). The Morgan fingerprint density at radius 2 is 1.42 bits per heavy atom. The van der Waals surface area contributed by atoms with Crippen molar-refractivity contribution >= 4 is 7.60 Å². The van der Waals surface area contributed by atoms with E-state index in [1.54, 1.807) is 0 Å². The summed E-state index contributed by atoms with van der Waals surface area (Å²) in [5.41, 5.74) is -0.893. The summed E-state index contributed by atoms with van der Waals surface area (Å²) in [6.07, 6.45) is 5.43. The molecule has 114 valence electrons. The molecule has 0 atom stereocenters. The molecule has 19 heavy (non-hydrogen) atoms. The minimum absolute atomic E-state index is 0.121. The molecule has 0 aromatic rings. The van der Waals surface area contributed by atoms with E-state index in [-0.39, 0.29) is 18.4 Å². The van der Waals surface area contributed by atoms with Crippen LogP contribution in [0.4, 0.5) is 0 Å². The van der Waals surface area contributed by atoms with Gasteiger partial charge in [-0.25, -0.2) is 0 Å². The van der Waals surface area contributed by atoms with Crippen molar-refractivity contribution in [3.8, 4) is 0 Å². The Balaban J connectivity index is 2.77. The zero-order valence-corrected chi connectivity index (χ0v) is 13.6. The standard InChI is InChI=1S/C14H29O4P/c1-12(2)17-19(16,18-13(3)4)11-14(15)9-7-5-6-8-10-14/h12-13,15H,5-11H2,1-4H3. The molecular weight excluding hydrogens is 263 g/mol. The van der Waals surface area contributed by atoms with Gasteiger partial charge in [-0.15, -0.1) is 0 Å². The van der Waals surface area contributed by atoms with Crippen LogP contribution in [0.1, 0.15) is 66.2 Å². The van der Waals surface area contributed by atoms with Gasteiger partial charge < -0.3 is 14.2 Å². The highest BCUT2D eigenvalue weighted by Crippen LogP contribution is 2.54. The highest BCUT2D eigenvalue weighted by atomic mass is 31.2. The Kier molecular flexibility index (Phi) is 6.52. The van der Waals surface area contributed by atoms with Crippen LogP contribution >= 0.6 is 7.60 Å². The Morgan fingerprint density at radius 3 is 1.79 bits per heavy atom. The van der Waals surface area contributed by atoms with E-state index in [1.165, 1.54) is 0 Å². The molecule has 0 unspecified atom stereocenters. The lowest BCUT2D eigenvalue weighted by Gasteiger charge is -2.32. The van der Waals surface area contributed by atoms with Gasteiger partial charge in [0.25, 0.3) is 0 Å². The van der Waals surface area contributed by atoms with Gasteiger partial charge in [0, 0.05) is 0 Å². The fraction of sp³-hybridized carbons (Fsp3) is 1.00. The zero-order chi connectivity index (χ0) is 14.5. The van der Waals surface area contributed by atoms with Gasteiger partial charge in [0.1, 0.15) is 0 Å². The summed E-state index contributed by atoms with van der Waals surface area (Å²) in [6, 6.07) is 0. The van der Waals surface area contributed by atoms with Gasteiger partial charge in [-0.3, -0.25) is 4.57 Å². The predicted molar refractivity (Wildman–Crippen MR) is 77.6 cm³/mol. The first-order chi connectivity index (χ1) is 8.75. The van der Waals surface area contributed by atoms with Crippen molar-refractivity contribution in [3.63, 3.8) is 0 Å². The van der Waals surface area contributed by atoms with Gasteiger partial charge in [0.2, 0.25) is 0 Å². The van der Waals surface area contributed by atoms with Crippen molar-refractivity contribution in [2.45, 2.75) is 84.0 Å². The third-order valence-corrected chi connectivity index (χ3v) is 5.73. The van der Waals surface area contributed by atoms with Crippen LogP contribution in [0.3, 0.4) is 0 Å². The molecule has 4 nitrogen and oxygen atoms in total. The predicted octanol–water partition coefficient (Wildman–Crippen LogP) is 4.11. The lowest BCUT2D eigenvalue weighted by atomic mass is 9.97. The van der Waals surface area contributed by atoms with Gasteiger partial charge in [0.05, 0.1) is 24.0 Å². The summed E-state index contributed by atoms with van der Waals surface area (Å²) in [5.74, 6) is 0. The molecule has 0 aliphatic heterocycles. The molecule has 1 N–H and O–H groups in total. The lowest BCUT2D eigenvalue weighted by molar-refractivity contribution is 0.0352. The summed E-state index contributed by atoms with van der Waals surface area (Å²) < 4.78 is 23.9. The van der Waals surface area contributed by atoms with E-state index in [2.05, 4.69) is 0 Å². The van der Waals surface area contributed by atoms with Gasteiger partial charge in [-0.05, 0) is 40.5 Å². The van der Waals surface area contributed by atoms with E-state index >= 15 is 0 Å². The van der Waals surface area contributed by atoms with Gasteiger partial charge in [-0.2, -0.15) is 0 Å². The van der Waals surface area contributed by atoms with Crippen molar-refractivity contribution in [2.75, 3.05) is 6.16 Å². The summed E-state index contributed by atoms with van der Waals surface area (Å²) in [6.45, 7) is 7.36. The quantitative estimate of drug-likeness (QED) is 0.591. The topological polar surface area (TPSA) is 55.8 Å². The summed E-state index contributed by atoms with van der Waals surface area (Å²) in [4.78, 5) is 0. The highest BCUT2D eigenvalue weighted by Gasteiger charge is 2.40. The molecule has 1 saturated carbocycles. The second kappa shape index (κ2) is 7.21. The van der Waals surface area contributed by atoms with Gasteiger partial charge in [0.15, 0.2) is 0 Å². The lowest BCUT2D eigenvalue weighted by Crippen LogP contribution is -2.33. The van der Waals surface area contributed by atoms with Crippen molar-refractivity contribution in [2.24, 2.45) is 0 Å². The van der Waals surface area contributed by atoms with Gasteiger partial charge in [-0.1, -0.05) is 25.7 Å². The molecule has 1 fully saturated rings. The Labute approximate surface area is 117 Å². The molecular formula is C14H29O4P. The van der Waals surface area contributed by atoms with E-state index in [0.29, 0.717) is 12.8 Å². The van der Waals surface area contributed by atoms with E-state index in [1.807, 2.05) is 27.7 Å². The number of hydrogen-bond donors (Lipinski definition) is 1. The molecule has 0 radical (unpaired) electrons. The van der Waals surface area contributed by atoms with Crippen LogP contribution in [0.2, 0.25) is 0 Å². The van der Waals surface area contributed by atoms with Crippen LogP contribution < -0.4 is 0 Å². The smallest absolute Gasteiger partial charge is 0.334 e. The maximum atomic E-state index is 12.8. The minimum Gasteiger partial charge on any atom is -0.389 e. The Bertz CT molecular complexity index is 293. The van der Waals surface area contributed by atoms with Crippen molar-refractivity contribution in [3.05, 3.63) is 0 Å². The van der Waals surface area contributed by atoms with Crippen LogP contribution in [-0.2, 0) is 13.6 Å². The fourth-order valence-electron chi connectivity index (χ4n) is 2.65. The van der Waals surface area contributed by atoms with E-state index in [4.69, 9.17) is 9.05 Å². The third-order valence-electron chi connectivity index (χ3n) is 3.27. The maximum absolute atomic E-state index is 12.8. The van der Waals surface area contributed by atoms with E-state index < -0.39 is 13.2 Å². The number of hydrogen-bond acceptors (Lipinski definition) is 4. The monoisotopic (exact) mass is 292 g/mol. The van der Waals surface area contributed by atoms with Crippen LogP contribution in [-0.4, -0.2) is 29.1 Å². The third kappa shape index (κ3) is 6.40. The number of aliphatic hydroxyl groups is 1. The van der Waals surface area contributed by atoms with Crippen molar-refractivity contribution in [1.29, 1.82) is 0 Å². The normalized spacial score (nSPS) is 20.8. The Hall–Kier alpha value is 0.110. The average molecular weight is 292 g/mol. The minimum atomic E-state index is -3.23. The average Bonchev–Trinajstić information content (AvgIpc) is 2.38. The summed E-state index contributed by atoms with van der Waals surface area (Å²) >= 11 is 0. The first kappa shape index (κ1) is 17.2. The van der Waals surface area contributed by atoms with Crippen LogP contribution in [0, 0.1) is 0 Å².